The van der Waals surface area contributed by atoms with E-state index in [1.54, 1.807) is 18.2 Å². The average Bonchev–Trinajstić information content (AvgIpc) is 2.46. The van der Waals surface area contributed by atoms with Crippen LogP contribution in [0.3, 0.4) is 0 Å². The van der Waals surface area contributed by atoms with Gasteiger partial charge in [0.2, 0.25) is 0 Å². The smallest absolute Gasteiger partial charge is 0.348 e. The van der Waals surface area contributed by atoms with Crippen molar-refractivity contribution in [3.63, 3.8) is 0 Å². The maximum atomic E-state index is 11.4. The molecule has 1 rings (SSSR count). The van der Waals surface area contributed by atoms with Crippen LogP contribution in [-0.2, 0) is 9.53 Å². The fourth-order valence-electron chi connectivity index (χ4n) is 1.65. The van der Waals surface area contributed by atoms with Gasteiger partial charge in [0.1, 0.15) is 11.6 Å². The monoisotopic (exact) mass is 289 g/mol. The molecule has 112 valence electrons. The van der Waals surface area contributed by atoms with E-state index in [4.69, 9.17) is 14.7 Å². The van der Waals surface area contributed by atoms with E-state index in [1.807, 2.05) is 26.8 Å². The van der Waals surface area contributed by atoms with Gasteiger partial charge in [-0.05, 0) is 44.5 Å². The number of hydrogen-bond donors (Lipinski definition) is 0. The minimum Gasteiger partial charge on any atom is -0.490 e. The third kappa shape index (κ3) is 4.84. The van der Waals surface area contributed by atoms with E-state index in [-0.39, 0.29) is 11.7 Å². The van der Waals surface area contributed by atoms with Crippen molar-refractivity contribution in [2.45, 2.75) is 26.9 Å². The molecule has 1 aromatic rings. The van der Waals surface area contributed by atoms with Crippen LogP contribution >= 0.6 is 0 Å². The third-order valence-electron chi connectivity index (χ3n) is 2.47. The van der Waals surface area contributed by atoms with Gasteiger partial charge in [-0.25, -0.2) is 4.79 Å². The Bertz CT molecular complexity index is 570. The Kier molecular flexibility index (Phi) is 6.28. The number of rotatable bonds is 6. The normalized spacial score (nSPS) is 11.0. The quantitative estimate of drug-likeness (QED) is 0.457. The summed E-state index contributed by atoms with van der Waals surface area (Å²) in [5, 5.41) is 8.96. The lowest BCUT2D eigenvalue weighted by molar-refractivity contribution is -0.135. The number of ether oxygens (including phenoxy) is 3. The van der Waals surface area contributed by atoms with Gasteiger partial charge in [-0.2, -0.15) is 5.26 Å². The van der Waals surface area contributed by atoms with Crippen molar-refractivity contribution in [1.29, 1.82) is 5.26 Å². The molecule has 0 fully saturated rings. The Morgan fingerprint density at radius 2 is 2.10 bits per heavy atom. The number of nitriles is 1. The Balaban J connectivity index is 3.16. The van der Waals surface area contributed by atoms with Gasteiger partial charge in [0.25, 0.3) is 0 Å². The molecule has 0 saturated heterocycles. The molecule has 0 N–H and O–H groups in total. The van der Waals surface area contributed by atoms with Crippen molar-refractivity contribution in [3.8, 4) is 17.6 Å². The highest BCUT2D eigenvalue weighted by Crippen LogP contribution is 2.30. The summed E-state index contributed by atoms with van der Waals surface area (Å²) in [6.45, 7) is 6.21. The Morgan fingerprint density at radius 1 is 1.38 bits per heavy atom. The fraction of sp³-hybridized carbons (Fsp3) is 0.375. The fourth-order valence-corrected chi connectivity index (χ4v) is 1.65. The molecule has 0 amide bonds. The SMILES string of the molecule is CCOc1cc(C=C(C#N)C(=O)OC)ccc1OC(C)C. The van der Waals surface area contributed by atoms with E-state index < -0.39 is 5.97 Å². The molecule has 0 atom stereocenters. The molecule has 5 nitrogen and oxygen atoms in total. The number of esters is 1. The van der Waals surface area contributed by atoms with E-state index in [2.05, 4.69) is 4.74 Å². The maximum absolute atomic E-state index is 11.4. The summed E-state index contributed by atoms with van der Waals surface area (Å²) in [5.41, 5.74) is 0.592. The summed E-state index contributed by atoms with van der Waals surface area (Å²) in [5.74, 6) is 0.528. The molecule has 21 heavy (non-hydrogen) atoms. The molecule has 0 radical (unpaired) electrons. The second-order valence-corrected chi connectivity index (χ2v) is 4.47. The molecule has 0 aliphatic heterocycles. The van der Waals surface area contributed by atoms with Crippen LogP contribution < -0.4 is 9.47 Å². The number of nitrogens with zero attached hydrogens (tertiary/aromatic N) is 1. The van der Waals surface area contributed by atoms with Crippen molar-refractivity contribution >= 4 is 12.0 Å². The lowest BCUT2D eigenvalue weighted by atomic mass is 10.1. The topological polar surface area (TPSA) is 68.5 Å². The van der Waals surface area contributed by atoms with Gasteiger partial charge in [-0.3, -0.25) is 0 Å². The van der Waals surface area contributed by atoms with Crippen LogP contribution in [0, 0.1) is 11.3 Å². The van der Waals surface area contributed by atoms with Crippen molar-refractivity contribution < 1.29 is 19.0 Å². The first-order valence-electron chi connectivity index (χ1n) is 6.65. The summed E-state index contributed by atoms with van der Waals surface area (Å²) < 4.78 is 15.7. The summed E-state index contributed by atoms with van der Waals surface area (Å²) in [7, 11) is 1.23. The van der Waals surface area contributed by atoms with Crippen LogP contribution in [0.15, 0.2) is 23.8 Å². The van der Waals surface area contributed by atoms with Gasteiger partial charge in [0.05, 0.1) is 19.8 Å². The Labute approximate surface area is 124 Å². The van der Waals surface area contributed by atoms with Crippen molar-refractivity contribution in [3.05, 3.63) is 29.3 Å². The van der Waals surface area contributed by atoms with Crippen LogP contribution in [0.5, 0.6) is 11.5 Å². The number of carbonyl (C=O) groups is 1. The van der Waals surface area contributed by atoms with Gasteiger partial charge in [-0.15, -0.1) is 0 Å². The summed E-state index contributed by atoms with van der Waals surface area (Å²) >= 11 is 0. The first-order valence-corrected chi connectivity index (χ1v) is 6.65. The first-order chi connectivity index (χ1) is 10.0. The van der Waals surface area contributed by atoms with Crippen LogP contribution in [0.2, 0.25) is 0 Å². The first kappa shape index (κ1) is 16.6. The molecular formula is C16H19NO4. The summed E-state index contributed by atoms with van der Waals surface area (Å²) in [6, 6.07) is 7.04. The molecule has 0 saturated carbocycles. The molecule has 0 aromatic heterocycles. The predicted octanol–water partition coefficient (Wildman–Crippen LogP) is 2.95. The van der Waals surface area contributed by atoms with Gasteiger partial charge in [-0.1, -0.05) is 6.07 Å². The Hall–Kier alpha value is -2.48. The highest BCUT2D eigenvalue weighted by atomic mass is 16.5. The highest BCUT2D eigenvalue weighted by Gasteiger charge is 2.11. The maximum Gasteiger partial charge on any atom is 0.348 e. The molecule has 0 aliphatic carbocycles. The highest BCUT2D eigenvalue weighted by molar-refractivity contribution is 5.97. The second kappa shape index (κ2) is 7.95. The molecular weight excluding hydrogens is 270 g/mol. The zero-order valence-corrected chi connectivity index (χ0v) is 12.7. The minimum absolute atomic E-state index is 0.0235. The van der Waals surface area contributed by atoms with E-state index >= 15 is 0 Å². The molecule has 0 spiro atoms. The molecule has 5 heteroatoms. The number of benzene rings is 1. The molecule has 1 aromatic carbocycles. The lowest BCUT2D eigenvalue weighted by Crippen LogP contribution is -2.07. The van der Waals surface area contributed by atoms with Gasteiger partial charge in [0.15, 0.2) is 11.5 Å². The molecule has 0 heterocycles. The zero-order valence-electron chi connectivity index (χ0n) is 12.7. The van der Waals surface area contributed by atoms with Gasteiger partial charge < -0.3 is 14.2 Å². The van der Waals surface area contributed by atoms with Crippen molar-refractivity contribution in [1.82, 2.24) is 0 Å². The van der Waals surface area contributed by atoms with Gasteiger partial charge >= 0.3 is 5.97 Å². The standard InChI is InChI=1S/C16H19NO4/c1-5-20-15-9-12(6-7-14(15)21-11(2)3)8-13(10-17)16(18)19-4/h6-9,11H,5H2,1-4H3. The average molecular weight is 289 g/mol. The van der Waals surface area contributed by atoms with Crippen LogP contribution in [0.4, 0.5) is 0 Å². The molecule has 0 unspecified atom stereocenters. The van der Waals surface area contributed by atoms with Crippen LogP contribution in [0.25, 0.3) is 6.08 Å². The Morgan fingerprint density at radius 3 is 2.62 bits per heavy atom. The van der Waals surface area contributed by atoms with Crippen molar-refractivity contribution in [2.75, 3.05) is 13.7 Å². The van der Waals surface area contributed by atoms with Crippen LogP contribution in [0.1, 0.15) is 26.3 Å². The van der Waals surface area contributed by atoms with E-state index in [9.17, 15) is 4.79 Å². The summed E-state index contributed by atoms with van der Waals surface area (Å²) in [4.78, 5) is 11.4. The largest absolute Gasteiger partial charge is 0.490 e. The van der Waals surface area contributed by atoms with E-state index in [0.717, 1.165) is 0 Å². The number of hydrogen-bond acceptors (Lipinski definition) is 5. The number of carbonyl (C=O) groups excluding carboxylic acids is 1. The number of methoxy groups -OCH3 is 1. The predicted molar refractivity (Wildman–Crippen MR) is 79.0 cm³/mol. The zero-order chi connectivity index (χ0) is 15.8. The lowest BCUT2D eigenvalue weighted by Gasteiger charge is -2.15. The minimum atomic E-state index is -0.669. The van der Waals surface area contributed by atoms with E-state index in [0.29, 0.717) is 23.7 Å². The molecule has 0 aliphatic rings. The third-order valence-corrected chi connectivity index (χ3v) is 2.47. The van der Waals surface area contributed by atoms with Gasteiger partial charge in [0, 0.05) is 0 Å². The molecule has 0 bridgehead atoms. The van der Waals surface area contributed by atoms with E-state index in [1.165, 1.54) is 13.2 Å². The van der Waals surface area contributed by atoms with Crippen LogP contribution in [-0.4, -0.2) is 25.8 Å². The van der Waals surface area contributed by atoms with Crippen molar-refractivity contribution in [2.24, 2.45) is 0 Å². The summed E-state index contributed by atoms with van der Waals surface area (Å²) in [6.07, 6.45) is 1.48. The second-order valence-electron chi connectivity index (χ2n) is 4.47.